The molecule has 1 aliphatic carbocycles. The smallest absolute Gasteiger partial charge is 0.310 e. The number of rotatable bonds is 5. The second-order valence-electron chi connectivity index (χ2n) is 10.1. The normalized spacial score (nSPS) is 21.5. The lowest BCUT2D eigenvalue weighted by molar-refractivity contribution is -0.156. The summed E-state index contributed by atoms with van der Waals surface area (Å²) in [6, 6.07) is 13.2. The maximum atomic E-state index is 13.5. The number of ketones is 1. The van der Waals surface area contributed by atoms with E-state index < -0.39 is 23.9 Å². The van der Waals surface area contributed by atoms with Crippen LogP contribution in [0.15, 0.2) is 42.5 Å². The molecule has 2 aromatic carbocycles. The minimum Gasteiger partial charge on any atom is -0.454 e. The number of carbonyl (C=O) groups excluding carboxylic acids is 4. The number of benzene rings is 2. The van der Waals surface area contributed by atoms with E-state index in [0.717, 1.165) is 41.8 Å². The van der Waals surface area contributed by atoms with Gasteiger partial charge in [0.05, 0.1) is 11.8 Å². The van der Waals surface area contributed by atoms with E-state index in [2.05, 4.69) is 0 Å². The third-order valence-corrected chi connectivity index (χ3v) is 7.84. The fraction of sp³-hybridized carbons (Fsp3) is 0.448. The van der Waals surface area contributed by atoms with Crippen molar-refractivity contribution >= 4 is 34.9 Å². The molecule has 2 aliphatic heterocycles. The Balaban J connectivity index is 1.27. The number of nitrogens with zero attached hydrogens (tertiary/aromatic N) is 2. The zero-order valence-corrected chi connectivity index (χ0v) is 20.9. The number of Topliss-reactive ketones (excluding diaryl/α,β-unsaturated/α-hetero) is 1. The summed E-state index contributed by atoms with van der Waals surface area (Å²) in [5.74, 6) is -1.76. The molecule has 0 spiro atoms. The van der Waals surface area contributed by atoms with Crippen LogP contribution in [-0.4, -0.2) is 42.8 Å². The average molecular weight is 489 g/mol. The molecule has 0 bridgehead atoms. The van der Waals surface area contributed by atoms with Gasteiger partial charge < -0.3 is 14.5 Å². The number of carbonyl (C=O) groups is 4. The van der Waals surface area contributed by atoms with Crippen molar-refractivity contribution in [3.63, 3.8) is 0 Å². The standard InChI is InChI=1S/C29H32N2O5/c1-18(27(33)22-11-12-26-21(17-22)14-15-30(26)19(2)32)36-29(35)24-9-5-4-8-23(24)28(34)31-16-13-20-7-3-6-10-25(20)31/h3,6-7,10-12,17-18,23-24H,4-5,8-9,13-16H2,1-2H3. The Morgan fingerprint density at radius 1 is 0.861 bits per heavy atom. The van der Waals surface area contributed by atoms with Crippen LogP contribution in [0.5, 0.6) is 0 Å². The van der Waals surface area contributed by atoms with Gasteiger partial charge in [-0.05, 0) is 68.0 Å². The summed E-state index contributed by atoms with van der Waals surface area (Å²) >= 11 is 0. The molecule has 2 heterocycles. The van der Waals surface area contributed by atoms with E-state index in [-0.39, 0.29) is 17.6 Å². The number of fused-ring (bicyclic) bond motifs is 2. The predicted molar refractivity (Wildman–Crippen MR) is 136 cm³/mol. The summed E-state index contributed by atoms with van der Waals surface area (Å²) in [5.41, 5.74) is 4.32. The maximum absolute atomic E-state index is 13.5. The Morgan fingerprint density at radius 2 is 1.53 bits per heavy atom. The number of anilines is 2. The van der Waals surface area contributed by atoms with Gasteiger partial charge in [-0.25, -0.2) is 0 Å². The lowest BCUT2D eigenvalue weighted by Gasteiger charge is -2.32. The third-order valence-electron chi connectivity index (χ3n) is 7.84. The molecule has 7 nitrogen and oxygen atoms in total. The Hall–Kier alpha value is -3.48. The Labute approximate surface area is 211 Å². The van der Waals surface area contributed by atoms with Gasteiger partial charge in [0, 0.05) is 37.0 Å². The summed E-state index contributed by atoms with van der Waals surface area (Å²) in [6.07, 6.45) is 3.56. The van der Waals surface area contributed by atoms with Crippen molar-refractivity contribution in [3.05, 3.63) is 59.2 Å². The van der Waals surface area contributed by atoms with Crippen LogP contribution in [0.25, 0.3) is 0 Å². The number of esters is 1. The molecule has 3 unspecified atom stereocenters. The molecule has 0 radical (unpaired) electrons. The fourth-order valence-electron chi connectivity index (χ4n) is 5.91. The zero-order valence-electron chi connectivity index (χ0n) is 20.9. The molecule has 3 atom stereocenters. The van der Waals surface area contributed by atoms with Gasteiger partial charge in [-0.15, -0.1) is 0 Å². The van der Waals surface area contributed by atoms with E-state index in [9.17, 15) is 19.2 Å². The van der Waals surface area contributed by atoms with E-state index in [0.29, 0.717) is 37.9 Å². The summed E-state index contributed by atoms with van der Waals surface area (Å²) < 4.78 is 5.67. The van der Waals surface area contributed by atoms with Crippen LogP contribution in [0.4, 0.5) is 11.4 Å². The first-order valence-electron chi connectivity index (χ1n) is 12.9. The molecule has 2 amide bonds. The van der Waals surface area contributed by atoms with Crippen molar-refractivity contribution < 1.29 is 23.9 Å². The number of hydrogen-bond donors (Lipinski definition) is 0. The van der Waals surface area contributed by atoms with Gasteiger partial charge in [0.1, 0.15) is 0 Å². The number of amides is 2. The molecule has 5 rings (SSSR count). The first-order valence-corrected chi connectivity index (χ1v) is 12.9. The van der Waals surface area contributed by atoms with Gasteiger partial charge >= 0.3 is 5.97 Å². The van der Waals surface area contributed by atoms with Gasteiger partial charge in [-0.3, -0.25) is 19.2 Å². The van der Waals surface area contributed by atoms with E-state index in [1.807, 2.05) is 29.2 Å². The van der Waals surface area contributed by atoms with E-state index in [4.69, 9.17) is 4.74 Å². The monoisotopic (exact) mass is 488 g/mol. The molecule has 0 aromatic heterocycles. The highest BCUT2D eigenvalue weighted by molar-refractivity contribution is 6.03. The largest absolute Gasteiger partial charge is 0.454 e. The van der Waals surface area contributed by atoms with Crippen molar-refractivity contribution in [2.45, 2.75) is 58.5 Å². The average Bonchev–Trinajstić information content (AvgIpc) is 3.52. The van der Waals surface area contributed by atoms with Crippen LogP contribution < -0.4 is 9.80 Å². The van der Waals surface area contributed by atoms with Crippen molar-refractivity contribution in [2.75, 3.05) is 22.9 Å². The van der Waals surface area contributed by atoms with Crippen LogP contribution in [-0.2, 0) is 32.0 Å². The van der Waals surface area contributed by atoms with Gasteiger partial charge in [0.25, 0.3) is 0 Å². The SMILES string of the molecule is CC(=O)N1CCc2cc(C(=O)C(C)OC(=O)C3CCCCC3C(=O)N3CCc4ccccc43)ccc21. The van der Waals surface area contributed by atoms with Crippen molar-refractivity contribution in [1.29, 1.82) is 0 Å². The first kappa shape index (κ1) is 24.2. The van der Waals surface area contributed by atoms with E-state index >= 15 is 0 Å². The molecule has 1 fully saturated rings. The summed E-state index contributed by atoms with van der Waals surface area (Å²) in [4.78, 5) is 55.2. The zero-order chi connectivity index (χ0) is 25.4. The molecule has 1 saturated carbocycles. The first-order chi connectivity index (χ1) is 17.3. The summed E-state index contributed by atoms with van der Waals surface area (Å²) in [5, 5.41) is 0. The molecule has 7 heteroatoms. The van der Waals surface area contributed by atoms with E-state index in [1.54, 1.807) is 30.0 Å². The van der Waals surface area contributed by atoms with Gasteiger partial charge in [-0.2, -0.15) is 0 Å². The van der Waals surface area contributed by atoms with Crippen LogP contribution in [0.2, 0.25) is 0 Å². The quantitative estimate of drug-likeness (QED) is 0.467. The lowest BCUT2D eigenvalue weighted by atomic mass is 9.78. The second kappa shape index (κ2) is 9.88. The molecule has 3 aliphatic rings. The Morgan fingerprint density at radius 3 is 2.31 bits per heavy atom. The van der Waals surface area contributed by atoms with E-state index in [1.165, 1.54) is 6.92 Å². The minimum atomic E-state index is -0.953. The molecule has 188 valence electrons. The van der Waals surface area contributed by atoms with Crippen molar-refractivity contribution in [3.8, 4) is 0 Å². The predicted octanol–water partition coefficient (Wildman–Crippen LogP) is 4.11. The summed E-state index contributed by atoms with van der Waals surface area (Å²) in [7, 11) is 0. The number of para-hydroxylation sites is 1. The summed E-state index contributed by atoms with van der Waals surface area (Å²) in [6.45, 7) is 4.35. The second-order valence-corrected chi connectivity index (χ2v) is 10.1. The van der Waals surface area contributed by atoms with Gasteiger partial charge in [-0.1, -0.05) is 31.0 Å². The molecule has 0 saturated heterocycles. The highest BCUT2D eigenvalue weighted by Gasteiger charge is 2.41. The Bertz CT molecular complexity index is 1220. The van der Waals surface area contributed by atoms with Gasteiger partial charge in [0.2, 0.25) is 17.6 Å². The van der Waals surface area contributed by atoms with Crippen LogP contribution in [0.3, 0.4) is 0 Å². The number of ether oxygens (including phenoxy) is 1. The topological polar surface area (TPSA) is 84.0 Å². The van der Waals surface area contributed by atoms with Crippen LogP contribution in [0, 0.1) is 11.8 Å². The molecule has 36 heavy (non-hydrogen) atoms. The van der Waals surface area contributed by atoms with Crippen molar-refractivity contribution in [2.24, 2.45) is 11.8 Å². The molecular formula is C29H32N2O5. The van der Waals surface area contributed by atoms with Gasteiger partial charge in [0.15, 0.2) is 6.10 Å². The highest BCUT2D eigenvalue weighted by atomic mass is 16.5. The molecular weight excluding hydrogens is 456 g/mol. The third kappa shape index (κ3) is 4.43. The van der Waals surface area contributed by atoms with Crippen molar-refractivity contribution in [1.82, 2.24) is 0 Å². The fourth-order valence-corrected chi connectivity index (χ4v) is 5.91. The molecule has 0 N–H and O–H groups in total. The van der Waals surface area contributed by atoms with Crippen LogP contribution in [0.1, 0.15) is 61.0 Å². The van der Waals surface area contributed by atoms with Crippen LogP contribution >= 0.6 is 0 Å². The lowest BCUT2D eigenvalue weighted by Crippen LogP contribution is -2.43. The molecule has 2 aromatic rings. The number of hydrogen-bond acceptors (Lipinski definition) is 5. The highest BCUT2D eigenvalue weighted by Crippen LogP contribution is 2.37. The Kier molecular flexibility index (Phi) is 6.65. The minimum absolute atomic E-state index is 0.0192. The maximum Gasteiger partial charge on any atom is 0.310 e.